The van der Waals surface area contributed by atoms with Crippen molar-refractivity contribution in [3.63, 3.8) is 0 Å². The predicted molar refractivity (Wildman–Crippen MR) is 84.5 cm³/mol. The van der Waals surface area contributed by atoms with Crippen molar-refractivity contribution in [2.75, 3.05) is 5.32 Å². The molecule has 120 valence electrons. The molecule has 3 nitrogen and oxygen atoms in total. The highest BCUT2D eigenvalue weighted by Crippen LogP contribution is 2.15. The molecule has 2 aromatic carbocycles. The Balaban J connectivity index is 1.91. The van der Waals surface area contributed by atoms with Crippen LogP contribution >= 0.6 is 0 Å². The molecule has 0 bridgehead atoms. The molecule has 0 atom stereocenters. The molecule has 0 spiro atoms. The molecule has 0 aliphatic rings. The maximum absolute atomic E-state index is 13.1. The molecular weight excluding hydrogens is 300 g/mol. The topological polar surface area (TPSA) is 46.2 Å². The number of halogens is 2. The summed E-state index contributed by atoms with van der Waals surface area (Å²) in [7, 11) is 0. The van der Waals surface area contributed by atoms with Crippen molar-refractivity contribution in [1.29, 1.82) is 0 Å². The van der Waals surface area contributed by atoms with Crippen LogP contribution in [0.3, 0.4) is 0 Å². The summed E-state index contributed by atoms with van der Waals surface area (Å²) in [4.78, 5) is 23.9. The molecule has 5 heteroatoms. The molecule has 0 aliphatic carbocycles. The molecule has 0 unspecified atom stereocenters. The Bertz CT molecular complexity index is 757. The minimum atomic E-state index is -1.03. The Morgan fingerprint density at radius 3 is 2.30 bits per heavy atom. The zero-order valence-electron chi connectivity index (χ0n) is 13.0. The largest absolute Gasteiger partial charge is 0.326 e. The number of ketones is 1. The third kappa shape index (κ3) is 4.45. The minimum absolute atomic E-state index is 0.0231. The van der Waals surface area contributed by atoms with Crippen LogP contribution < -0.4 is 5.32 Å². The van der Waals surface area contributed by atoms with E-state index in [1.54, 1.807) is 12.1 Å². The van der Waals surface area contributed by atoms with Crippen LogP contribution in [0, 0.1) is 25.5 Å². The number of nitrogens with one attached hydrogen (secondary N) is 1. The van der Waals surface area contributed by atoms with Gasteiger partial charge in [0.1, 0.15) is 0 Å². The normalized spacial score (nSPS) is 10.4. The predicted octanol–water partition coefficient (Wildman–Crippen LogP) is 4.18. The Hall–Kier alpha value is -2.56. The van der Waals surface area contributed by atoms with Crippen molar-refractivity contribution in [2.24, 2.45) is 0 Å². The average Bonchev–Trinajstić information content (AvgIpc) is 2.51. The number of carbonyl (C=O) groups excluding carboxylic acids is 2. The molecule has 0 saturated carbocycles. The second kappa shape index (κ2) is 7.13. The molecule has 1 N–H and O–H groups in total. The summed E-state index contributed by atoms with van der Waals surface area (Å²) >= 11 is 0. The van der Waals surface area contributed by atoms with Crippen LogP contribution in [0.1, 0.15) is 34.3 Å². The highest BCUT2D eigenvalue weighted by atomic mass is 19.2. The number of anilines is 1. The maximum atomic E-state index is 13.1. The first-order valence-electron chi connectivity index (χ1n) is 7.22. The Kier molecular flexibility index (Phi) is 5.21. The summed E-state index contributed by atoms with van der Waals surface area (Å²) < 4.78 is 25.9. The third-order valence-electron chi connectivity index (χ3n) is 3.61. The van der Waals surface area contributed by atoms with E-state index in [0.29, 0.717) is 5.56 Å². The smallest absolute Gasteiger partial charge is 0.224 e. The van der Waals surface area contributed by atoms with Crippen molar-refractivity contribution < 1.29 is 18.4 Å². The van der Waals surface area contributed by atoms with Gasteiger partial charge in [-0.1, -0.05) is 12.1 Å². The zero-order valence-corrected chi connectivity index (χ0v) is 13.0. The van der Waals surface area contributed by atoms with E-state index >= 15 is 0 Å². The number of aryl methyl sites for hydroxylation is 2. The van der Waals surface area contributed by atoms with Gasteiger partial charge in [-0.25, -0.2) is 8.78 Å². The van der Waals surface area contributed by atoms with Crippen LogP contribution in [0.5, 0.6) is 0 Å². The van der Waals surface area contributed by atoms with Crippen LogP contribution in [0.4, 0.5) is 14.5 Å². The van der Waals surface area contributed by atoms with Crippen molar-refractivity contribution in [3.8, 4) is 0 Å². The van der Waals surface area contributed by atoms with Crippen LogP contribution in [-0.4, -0.2) is 11.7 Å². The van der Waals surface area contributed by atoms with Gasteiger partial charge in [0.05, 0.1) is 0 Å². The molecule has 0 radical (unpaired) electrons. The summed E-state index contributed by atoms with van der Waals surface area (Å²) in [6, 6.07) is 8.50. The number of amides is 1. The van der Waals surface area contributed by atoms with E-state index in [4.69, 9.17) is 0 Å². The maximum Gasteiger partial charge on any atom is 0.224 e. The van der Waals surface area contributed by atoms with Gasteiger partial charge >= 0.3 is 0 Å². The Morgan fingerprint density at radius 1 is 0.913 bits per heavy atom. The zero-order chi connectivity index (χ0) is 17.0. The Morgan fingerprint density at radius 2 is 1.65 bits per heavy atom. The number of carbonyl (C=O) groups is 2. The lowest BCUT2D eigenvalue weighted by Gasteiger charge is -2.06. The monoisotopic (exact) mass is 317 g/mol. The Labute approximate surface area is 133 Å². The summed E-state index contributed by atoms with van der Waals surface area (Å²) in [5.41, 5.74) is 2.83. The fraction of sp³-hybridized carbons (Fsp3) is 0.222. The van der Waals surface area contributed by atoms with Crippen LogP contribution in [0.25, 0.3) is 0 Å². The van der Waals surface area contributed by atoms with E-state index in [1.165, 1.54) is 6.07 Å². The number of hydrogen-bond donors (Lipinski definition) is 1. The quantitative estimate of drug-likeness (QED) is 0.841. The SMILES string of the molecule is Cc1ccc(C(=O)CCC(=O)Nc2ccc(F)c(F)c2)cc1C. The van der Waals surface area contributed by atoms with Gasteiger partial charge in [-0.3, -0.25) is 9.59 Å². The summed E-state index contributed by atoms with van der Waals surface area (Å²) in [6.45, 7) is 3.88. The van der Waals surface area contributed by atoms with Gasteiger partial charge in [0.25, 0.3) is 0 Å². The lowest BCUT2D eigenvalue weighted by atomic mass is 10.0. The summed E-state index contributed by atoms with van der Waals surface area (Å²) in [5, 5.41) is 2.44. The van der Waals surface area contributed by atoms with Gasteiger partial charge < -0.3 is 5.32 Å². The number of Topliss-reactive ketones (excluding diaryl/α,β-unsaturated/α-hetero) is 1. The molecule has 2 rings (SSSR count). The van der Waals surface area contributed by atoms with Gasteiger partial charge in [-0.15, -0.1) is 0 Å². The number of rotatable bonds is 5. The van der Waals surface area contributed by atoms with Gasteiger partial charge in [0.15, 0.2) is 17.4 Å². The second-order valence-electron chi connectivity index (χ2n) is 5.40. The molecule has 2 aromatic rings. The van der Waals surface area contributed by atoms with Crippen molar-refractivity contribution >= 4 is 17.4 Å². The lowest BCUT2D eigenvalue weighted by Crippen LogP contribution is -2.14. The third-order valence-corrected chi connectivity index (χ3v) is 3.61. The van der Waals surface area contributed by atoms with Crippen molar-refractivity contribution in [1.82, 2.24) is 0 Å². The highest BCUT2D eigenvalue weighted by molar-refractivity contribution is 6.00. The number of hydrogen-bond acceptors (Lipinski definition) is 2. The first-order chi connectivity index (χ1) is 10.9. The van der Waals surface area contributed by atoms with Crippen LogP contribution in [0.2, 0.25) is 0 Å². The average molecular weight is 317 g/mol. The number of benzene rings is 2. The van der Waals surface area contributed by atoms with E-state index in [1.807, 2.05) is 19.9 Å². The van der Waals surface area contributed by atoms with Gasteiger partial charge in [-0.05, 0) is 43.2 Å². The van der Waals surface area contributed by atoms with Crippen molar-refractivity contribution in [2.45, 2.75) is 26.7 Å². The summed E-state index contributed by atoms with van der Waals surface area (Å²) in [5.74, 6) is -2.57. The standard InChI is InChI=1S/C18H17F2NO2/c1-11-3-4-13(9-12(11)2)17(22)7-8-18(23)21-14-5-6-15(19)16(20)10-14/h3-6,9-10H,7-8H2,1-2H3,(H,21,23). The molecular formula is C18H17F2NO2. The van der Waals surface area contributed by atoms with Gasteiger partial charge in [0.2, 0.25) is 5.91 Å². The fourth-order valence-electron chi connectivity index (χ4n) is 2.08. The first kappa shape index (κ1) is 16.8. The van der Waals surface area contributed by atoms with Crippen molar-refractivity contribution in [3.05, 3.63) is 64.7 Å². The summed E-state index contributed by atoms with van der Waals surface area (Å²) in [6.07, 6.45) is 0.0305. The minimum Gasteiger partial charge on any atom is -0.326 e. The second-order valence-corrected chi connectivity index (χ2v) is 5.40. The van der Waals surface area contributed by atoms with E-state index in [0.717, 1.165) is 23.3 Å². The van der Waals surface area contributed by atoms with Gasteiger partial charge in [-0.2, -0.15) is 0 Å². The van der Waals surface area contributed by atoms with Crippen LogP contribution in [0.15, 0.2) is 36.4 Å². The van der Waals surface area contributed by atoms with E-state index in [9.17, 15) is 18.4 Å². The molecule has 23 heavy (non-hydrogen) atoms. The molecule has 0 aliphatic heterocycles. The van der Waals surface area contributed by atoms with Crippen LogP contribution in [-0.2, 0) is 4.79 Å². The molecule has 0 fully saturated rings. The van der Waals surface area contributed by atoms with Gasteiger partial charge in [0, 0.05) is 30.2 Å². The lowest BCUT2D eigenvalue weighted by molar-refractivity contribution is -0.116. The highest BCUT2D eigenvalue weighted by Gasteiger charge is 2.11. The first-order valence-corrected chi connectivity index (χ1v) is 7.22. The van der Waals surface area contributed by atoms with E-state index in [2.05, 4.69) is 5.32 Å². The fourth-order valence-corrected chi connectivity index (χ4v) is 2.08. The van der Waals surface area contributed by atoms with E-state index in [-0.39, 0.29) is 24.3 Å². The molecule has 0 aromatic heterocycles. The molecule has 0 heterocycles. The molecule has 1 amide bonds. The molecule has 0 saturated heterocycles. The van der Waals surface area contributed by atoms with E-state index < -0.39 is 17.5 Å².